The SMILES string of the molecule is Cc1ccc(S(=O)(=O)NCc2ccco2)cc1CO. The van der Waals surface area contributed by atoms with Crippen molar-refractivity contribution in [2.24, 2.45) is 0 Å². The van der Waals surface area contributed by atoms with E-state index in [4.69, 9.17) is 9.52 Å². The lowest BCUT2D eigenvalue weighted by molar-refractivity contribution is 0.280. The van der Waals surface area contributed by atoms with Crippen LogP contribution in [0, 0.1) is 6.92 Å². The molecule has 0 aliphatic rings. The summed E-state index contributed by atoms with van der Waals surface area (Å²) in [5, 5.41) is 9.16. The van der Waals surface area contributed by atoms with Crippen LogP contribution in [0.4, 0.5) is 0 Å². The van der Waals surface area contributed by atoms with Gasteiger partial charge in [0.1, 0.15) is 5.76 Å². The largest absolute Gasteiger partial charge is 0.468 e. The fourth-order valence-electron chi connectivity index (χ4n) is 1.65. The molecule has 0 aliphatic heterocycles. The molecule has 0 bridgehead atoms. The first-order chi connectivity index (χ1) is 9.03. The molecule has 0 fully saturated rings. The highest BCUT2D eigenvalue weighted by Crippen LogP contribution is 2.16. The van der Waals surface area contributed by atoms with E-state index in [1.54, 1.807) is 18.2 Å². The van der Waals surface area contributed by atoms with Crippen LogP contribution in [-0.4, -0.2) is 13.5 Å². The molecule has 2 rings (SSSR count). The van der Waals surface area contributed by atoms with Crippen LogP contribution in [0.15, 0.2) is 45.9 Å². The van der Waals surface area contributed by atoms with Gasteiger partial charge in [-0.3, -0.25) is 0 Å². The quantitative estimate of drug-likeness (QED) is 0.871. The molecule has 102 valence electrons. The Balaban J connectivity index is 2.19. The van der Waals surface area contributed by atoms with Crippen molar-refractivity contribution in [1.29, 1.82) is 0 Å². The van der Waals surface area contributed by atoms with E-state index >= 15 is 0 Å². The zero-order chi connectivity index (χ0) is 13.9. The van der Waals surface area contributed by atoms with Gasteiger partial charge >= 0.3 is 0 Å². The number of sulfonamides is 1. The second kappa shape index (κ2) is 5.56. The Kier molecular flexibility index (Phi) is 4.04. The van der Waals surface area contributed by atoms with Gasteiger partial charge in [-0.25, -0.2) is 13.1 Å². The zero-order valence-corrected chi connectivity index (χ0v) is 11.3. The monoisotopic (exact) mass is 281 g/mol. The molecule has 5 nitrogen and oxygen atoms in total. The molecular formula is C13H15NO4S. The van der Waals surface area contributed by atoms with E-state index < -0.39 is 10.0 Å². The lowest BCUT2D eigenvalue weighted by Gasteiger charge is -2.08. The molecule has 6 heteroatoms. The summed E-state index contributed by atoms with van der Waals surface area (Å²) < 4.78 is 31.7. The summed E-state index contributed by atoms with van der Waals surface area (Å²) in [5.74, 6) is 0.540. The number of benzene rings is 1. The molecule has 0 aliphatic carbocycles. The predicted molar refractivity (Wildman–Crippen MR) is 69.8 cm³/mol. The van der Waals surface area contributed by atoms with Crippen molar-refractivity contribution >= 4 is 10.0 Å². The van der Waals surface area contributed by atoms with Crippen LogP contribution in [-0.2, 0) is 23.2 Å². The Morgan fingerprint density at radius 1 is 1.32 bits per heavy atom. The topological polar surface area (TPSA) is 79.5 Å². The van der Waals surface area contributed by atoms with Crippen LogP contribution in [0.3, 0.4) is 0 Å². The first kappa shape index (κ1) is 13.8. The summed E-state index contributed by atoms with van der Waals surface area (Å²) in [6.45, 7) is 1.73. The van der Waals surface area contributed by atoms with Crippen LogP contribution >= 0.6 is 0 Å². The van der Waals surface area contributed by atoms with Crippen LogP contribution in [0.1, 0.15) is 16.9 Å². The smallest absolute Gasteiger partial charge is 0.240 e. The molecule has 0 atom stereocenters. The van der Waals surface area contributed by atoms with Gasteiger partial charge in [0.2, 0.25) is 10.0 Å². The van der Waals surface area contributed by atoms with E-state index in [2.05, 4.69) is 4.72 Å². The van der Waals surface area contributed by atoms with Crippen molar-refractivity contribution in [2.45, 2.75) is 25.0 Å². The first-order valence-corrected chi connectivity index (χ1v) is 7.23. The Labute approximate surface area is 111 Å². The van der Waals surface area contributed by atoms with Gasteiger partial charge in [0.15, 0.2) is 0 Å². The van der Waals surface area contributed by atoms with E-state index in [-0.39, 0.29) is 18.0 Å². The summed E-state index contributed by atoms with van der Waals surface area (Å²) in [5.41, 5.74) is 1.45. The molecular weight excluding hydrogens is 266 g/mol. The molecule has 0 radical (unpaired) electrons. The second-order valence-corrected chi connectivity index (χ2v) is 5.92. The Bertz CT molecular complexity index is 647. The molecule has 0 amide bonds. The highest BCUT2D eigenvalue weighted by atomic mass is 32.2. The molecule has 1 heterocycles. The standard InChI is InChI=1S/C13H15NO4S/c1-10-4-5-13(7-11(10)9-15)19(16,17)14-8-12-3-2-6-18-12/h2-7,14-15H,8-9H2,1H3. The fraction of sp³-hybridized carbons (Fsp3) is 0.231. The lowest BCUT2D eigenvalue weighted by atomic mass is 10.1. The minimum Gasteiger partial charge on any atom is -0.468 e. The second-order valence-electron chi connectivity index (χ2n) is 4.15. The van der Waals surface area contributed by atoms with E-state index in [1.807, 2.05) is 6.92 Å². The van der Waals surface area contributed by atoms with Crippen LogP contribution in [0.25, 0.3) is 0 Å². The molecule has 1 aromatic carbocycles. The van der Waals surface area contributed by atoms with Gasteiger partial charge in [-0.2, -0.15) is 0 Å². The van der Waals surface area contributed by atoms with Gasteiger partial charge < -0.3 is 9.52 Å². The molecule has 2 N–H and O–H groups in total. The van der Waals surface area contributed by atoms with Crippen LogP contribution in [0.5, 0.6) is 0 Å². The highest BCUT2D eigenvalue weighted by Gasteiger charge is 2.15. The third kappa shape index (κ3) is 3.23. The number of hydrogen-bond donors (Lipinski definition) is 2. The molecule has 0 spiro atoms. The Morgan fingerprint density at radius 3 is 2.74 bits per heavy atom. The molecule has 0 saturated carbocycles. The van der Waals surface area contributed by atoms with E-state index in [0.29, 0.717) is 11.3 Å². The molecule has 19 heavy (non-hydrogen) atoms. The number of aliphatic hydroxyl groups is 1. The van der Waals surface area contributed by atoms with E-state index in [1.165, 1.54) is 18.4 Å². The van der Waals surface area contributed by atoms with E-state index in [9.17, 15) is 8.42 Å². The summed E-state index contributed by atoms with van der Waals surface area (Å²) in [7, 11) is -3.61. The molecule has 0 unspecified atom stereocenters. The van der Waals surface area contributed by atoms with Gasteiger partial charge in [-0.05, 0) is 42.3 Å². The van der Waals surface area contributed by atoms with Crippen molar-refractivity contribution < 1.29 is 17.9 Å². The zero-order valence-electron chi connectivity index (χ0n) is 10.5. The van der Waals surface area contributed by atoms with Crippen molar-refractivity contribution in [3.05, 3.63) is 53.5 Å². The van der Waals surface area contributed by atoms with Crippen molar-refractivity contribution in [3.8, 4) is 0 Å². The fourth-order valence-corrected chi connectivity index (χ4v) is 2.69. The molecule has 2 aromatic rings. The van der Waals surface area contributed by atoms with Gasteiger partial charge in [-0.15, -0.1) is 0 Å². The van der Waals surface area contributed by atoms with Crippen molar-refractivity contribution in [2.75, 3.05) is 0 Å². The first-order valence-electron chi connectivity index (χ1n) is 5.75. The number of hydrogen-bond acceptors (Lipinski definition) is 4. The number of nitrogens with one attached hydrogen (secondary N) is 1. The summed E-state index contributed by atoms with van der Waals surface area (Å²) >= 11 is 0. The van der Waals surface area contributed by atoms with Gasteiger partial charge in [0, 0.05) is 0 Å². The summed E-state index contributed by atoms with van der Waals surface area (Å²) in [6.07, 6.45) is 1.49. The predicted octanol–water partition coefficient (Wildman–Crippen LogP) is 1.56. The molecule has 0 saturated heterocycles. The normalized spacial score (nSPS) is 11.7. The number of aryl methyl sites for hydroxylation is 1. The maximum Gasteiger partial charge on any atom is 0.240 e. The average Bonchev–Trinajstić information content (AvgIpc) is 2.90. The van der Waals surface area contributed by atoms with Crippen LogP contribution in [0.2, 0.25) is 0 Å². The lowest BCUT2D eigenvalue weighted by Crippen LogP contribution is -2.23. The van der Waals surface area contributed by atoms with Crippen LogP contribution < -0.4 is 4.72 Å². The summed E-state index contributed by atoms with van der Waals surface area (Å²) in [4.78, 5) is 0.133. The molecule has 1 aromatic heterocycles. The number of rotatable bonds is 5. The maximum atomic E-state index is 12.1. The van der Waals surface area contributed by atoms with E-state index in [0.717, 1.165) is 5.56 Å². The maximum absolute atomic E-state index is 12.1. The van der Waals surface area contributed by atoms with Crippen molar-refractivity contribution in [1.82, 2.24) is 4.72 Å². The minimum absolute atomic E-state index is 0.0949. The Hall–Kier alpha value is -1.63. The average molecular weight is 281 g/mol. The third-order valence-electron chi connectivity index (χ3n) is 2.82. The minimum atomic E-state index is -3.61. The third-order valence-corrected chi connectivity index (χ3v) is 4.22. The highest BCUT2D eigenvalue weighted by molar-refractivity contribution is 7.89. The summed E-state index contributed by atoms with van der Waals surface area (Å²) in [6, 6.07) is 8.04. The van der Waals surface area contributed by atoms with Gasteiger partial charge in [-0.1, -0.05) is 6.07 Å². The van der Waals surface area contributed by atoms with Crippen molar-refractivity contribution in [3.63, 3.8) is 0 Å². The Morgan fingerprint density at radius 2 is 2.11 bits per heavy atom. The number of furan rings is 1. The number of aliphatic hydroxyl groups excluding tert-OH is 1. The van der Waals surface area contributed by atoms with Gasteiger partial charge in [0.05, 0.1) is 24.3 Å². The van der Waals surface area contributed by atoms with Gasteiger partial charge in [0.25, 0.3) is 0 Å².